The molecule has 17 heavy (non-hydrogen) atoms. The molecule has 3 aliphatic heterocycles. The first-order valence-electron chi connectivity index (χ1n) is 6.91. The van der Waals surface area contributed by atoms with E-state index in [0.717, 1.165) is 32.5 Å². The molecule has 96 valence electrons. The van der Waals surface area contributed by atoms with Crippen LogP contribution in [0.1, 0.15) is 32.6 Å². The minimum absolute atomic E-state index is 0.162. The summed E-state index contributed by atoms with van der Waals surface area (Å²) in [6.07, 6.45) is 4.54. The van der Waals surface area contributed by atoms with E-state index in [2.05, 4.69) is 12.2 Å². The maximum atomic E-state index is 12.3. The molecule has 4 nitrogen and oxygen atoms in total. The van der Waals surface area contributed by atoms with Crippen molar-refractivity contribution in [3.8, 4) is 0 Å². The fourth-order valence-corrected chi connectivity index (χ4v) is 3.41. The molecule has 0 aromatic heterocycles. The number of hydrogen-bond acceptors (Lipinski definition) is 3. The Labute approximate surface area is 103 Å². The molecule has 3 aliphatic rings. The minimum atomic E-state index is -0.162. The molecule has 0 saturated carbocycles. The number of carbonyl (C=O) groups is 1. The van der Waals surface area contributed by atoms with Gasteiger partial charge in [0, 0.05) is 19.1 Å². The molecule has 3 fully saturated rings. The Morgan fingerprint density at radius 1 is 1.29 bits per heavy atom. The van der Waals surface area contributed by atoms with Crippen LogP contribution in [0.5, 0.6) is 0 Å². The highest BCUT2D eigenvalue weighted by Gasteiger charge is 2.40. The van der Waals surface area contributed by atoms with Crippen LogP contribution >= 0.6 is 0 Å². The Morgan fingerprint density at radius 2 is 2.18 bits per heavy atom. The fourth-order valence-electron chi connectivity index (χ4n) is 3.41. The SMILES string of the molecule is CC1CCC(C(=O)N2C[C@@H]3CCCN[C@@H]3C2)O1. The van der Waals surface area contributed by atoms with Gasteiger partial charge in [-0.15, -0.1) is 0 Å². The van der Waals surface area contributed by atoms with Gasteiger partial charge in [0.05, 0.1) is 6.10 Å². The number of carbonyl (C=O) groups excluding carboxylic acids is 1. The van der Waals surface area contributed by atoms with Crippen molar-refractivity contribution in [1.82, 2.24) is 10.2 Å². The predicted octanol–water partition coefficient (Wildman–Crippen LogP) is 0.764. The fraction of sp³-hybridized carbons (Fsp3) is 0.923. The van der Waals surface area contributed by atoms with Crippen molar-refractivity contribution in [2.24, 2.45) is 5.92 Å². The summed E-state index contributed by atoms with van der Waals surface area (Å²) >= 11 is 0. The number of piperidine rings is 1. The van der Waals surface area contributed by atoms with Crippen LogP contribution < -0.4 is 5.32 Å². The summed E-state index contributed by atoms with van der Waals surface area (Å²) in [5.41, 5.74) is 0. The van der Waals surface area contributed by atoms with Crippen LogP contribution in [0.25, 0.3) is 0 Å². The second kappa shape index (κ2) is 4.58. The first kappa shape index (κ1) is 11.5. The van der Waals surface area contributed by atoms with E-state index in [1.54, 1.807) is 0 Å². The zero-order valence-electron chi connectivity index (χ0n) is 10.5. The van der Waals surface area contributed by atoms with E-state index >= 15 is 0 Å². The number of amides is 1. The second-order valence-electron chi connectivity index (χ2n) is 5.72. The first-order chi connectivity index (χ1) is 8.24. The lowest BCUT2D eigenvalue weighted by molar-refractivity contribution is -0.141. The Balaban J connectivity index is 1.60. The van der Waals surface area contributed by atoms with Gasteiger partial charge in [-0.25, -0.2) is 0 Å². The van der Waals surface area contributed by atoms with Gasteiger partial charge >= 0.3 is 0 Å². The Bertz CT molecular complexity index is 294. The molecule has 3 heterocycles. The summed E-state index contributed by atoms with van der Waals surface area (Å²) < 4.78 is 5.68. The van der Waals surface area contributed by atoms with Gasteiger partial charge < -0.3 is 15.0 Å². The van der Waals surface area contributed by atoms with Gasteiger partial charge in [0.1, 0.15) is 6.10 Å². The van der Waals surface area contributed by atoms with Crippen LogP contribution in [0.15, 0.2) is 0 Å². The Morgan fingerprint density at radius 3 is 2.88 bits per heavy atom. The van der Waals surface area contributed by atoms with Crippen LogP contribution in [0, 0.1) is 5.92 Å². The highest BCUT2D eigenvalue weighted by Crippen LogP contribution is 2.28. The molecule has 1 amide bonds. The number of rotatable bonds is 1. The average molecular weight is 238 g/mol. The molecule has 0 bridgehead atoms. The monoisotopic (exact) mass is 238 g/mol. The summed E-state index contributed by atoms with van der Waals surface area (Å²) in [5, 5.41) is 3.53. The number of nitrogens with one attached hydrogen (secondary N) is 1. The smallest absolute Gasteiger partial charge is 0.251 e. The first-order valence-corrected chi connectivity index (χ1v) is 6.91. The van der Waals surface area contributed by atoms with E-state index in [1.807, 2.05) is 4.90 Å². The van der Waals surface area contributed by atoms with Crippen molar-refractivity contribution in [2.75, 3.05) is 19.6 Å². The third kappa shape index (κ3) is 2.20. The molecular formula is C13H22N2O2. The summed E-state index contributed by atoms with van der Waals surface area (Å²) in [4.78, 5) is 14.3. The van der Waals surface area contributed by atoms with Crippen LogP contribution in [0.3, 0.4) is 0 Å². The van der Waals surface area contributed by atoms with Crippen molar-refractivity contribution < 1.29 is 9.53 Å². The quantitative estimate of drug-likeness (QED) is 0.733. The highest BCUT2D eigenvalue weighted by atomic mass is 16.5. The maximum Gasteiger partial charge on any atom is 0.251 e. The highest BCUT2D eigenvalue weighted by molar-refractivity contribution is 5.81. The third-order valence-electron chi connectivity index (χ3n) is 4.42. The molecule has 0 radical (unpaired) electrons. The zero-order valence-corrected chi connectivity index (χ0v) is 10.5. The van der Waals surface area contributed by atoms with Crippen LogP contribution in [0.4, 0.5) is 0 Å². The molecule has 1 N–H and O–H groups in total. The van der Waals surface area contributed by atoms with Gasteiger partial charge in [-0.2, -0.15) is 0 Å². The number of hydrogen-bond donors (Lipinski definition) is 1. The summed E-state index contributed by atoms with van der Waals surface area (Å²) in [7, 11) is 0. The van der Waals surface area contributed by atoms with Crippen molar-refractivity contribution in [3.63, 3.8) is 0 Å². The molecule has 0 aliphatic carbocycles. The molecule has 0 aromatic rings. The zero-order chi connectivity index (χ0) is 11.8. The molecule has 3 saturated heterocycles. The summed E-state index contributed by atoms with van der Waals surface area (Å²) in [6, 6.07) is 0.534. The van der Waals surface area contributed by atoms with Crippen molar-refractivity contribution >= 4 is 5.91 Å². The van der Waals surface area contributed by atoms with E-state index in [4.69, 9.17) is 4.74 Å². The molecule has 2 unspecified atom stereocenters. The lowest BCUT2D eigenvalue weighted by Crippen LogP contribution is -2.42. The van der Waals surface area contributed by atoms with E-state index in [0.29, 0.717) is 12.0 Å². The topological polar surface area (TPSA) is 41.6 Å². The van der Waals surface area contributed by atoms with Crippen LogP contribution in [0.2, 0.25) is 0 Å². The standard InChI is InChI=1S/C13H22N2O2/c1-9-4-5-12(17-9)13(16)15-7-10-3-2-6-14-11(10)8-15/h9-12,14H,2-8H2,1H3/t9?,10-,11+,12?/m0/s1. The molecule has 3 rings (SSSR count). The predicted molar refractivity (Wildman–Crippen MR) is 64.7 cm³/mol. The minimum Gasteiger partial charge on any atom is -0.365 e. The second-order valence-corrected chi connectivity index (χ2v) is 5.72. The molecular weight excluding hydrogens is 216 g/mol. The summed E-state index contributed by atoms with van der Waals surface area (Å²) in [6.45, 7) is 4.99. The van der Waals surface area contributed by atoms with Gasteiger partial charge in [0.2, 0.25) is 0 Å². The largest absolute Gasteiger partial charge is 0.365 e. The van der Waals surface area contributed by atoms with E-state index in [1.165, 1.54) is 12.8 Å². The van der Waals surface area contributed by atoms with Gasteiger partial charge in [0.25, 0.3) is 5.91 Å². The third-order valence-corrected chi connectivity index (χ3v) is 4.42. The lowest BCUT2D eigenvalue weighted by Gasteiger charge is -2.24. The van der Waals surface area contributed by atoms with Gasteiger partial charge in [0.15, 0.2) is 0 Å². The van der Waals surface area contributed by atoms with E-state index in [9.17, 15) is 4.79 Å². The van der Waals surface area contributed by atoms with E-state index in [-0.39, 0.29) is 18.1 Å². The molecule has 4 heteroatoms. The molecule has 4 atom stereocenters. The van der Waals surface area contributed by atoms with Crippen LogP contribution in [-0.2, 0) is 9.53 Å². The van der Waals surface area contributed by atoms with E-state index < -0.39 is 0 Å². The lowest BCUT2D eigenvalue weighted by atomic mass is 9.94. The normalized spacial score (nSPS) is 41.6. The van der Waals surface area contributed by atoms with Crippen LogP contribution in [-0.4, -0.2) is 48.7 Å². The average Bonchev–Trinajstić information content (AvgIpc) is 2.93. The van der Waals surface area contributed by atoms with Gasteiger partial charge in [-0.05, 0) is 45.1 Å². The number of nitrogens with zero attached hydrogens (tertiary/aromatic N) is 1. The Kier molecular flexibility index (Phi) is 3.09. The van der Waals surface area contributed by atoms with Crippen molar-refractivity contribution in [3.05, 3.63) is 0 Å². The maximum absolute atomic E-state index is 12.3. The van der Waals surface area contributed by atoms with Gasteiger partial charge in [-0.3, -0.25) is 4.79 Å². The van der Waals surface area contributed by atoms with Crippen molar-refractivity contribution in [1.29, 1.82) is 0 Å². The number of ether oxygens (including phenoxy) is 1. The molecule has 0 spiro atoms. The summed E-state index contributed by atoms with van der Waals surface area (Å²) in [5.74, 6) is 0.900. The Hall–Kier alpha value is -0.610. The van der Waals surface area contributed by atoms with Gasteiger partial charge in [-0.1, -0.05) is 0 Å². The van der Waals surface area contributed by atoms with Crippen molar-refractivity contribution in [2.45, 2.75) is 50.9 Å². The molecule has 0 aromatic carbocycles. The number of fused-ring (bicyclic) bond motifs is 1. The number of likely N-dealkylation sites (tertiary alicyclic amines) is 1.